The molecule has 0 aliphatic rings. The third-order valence-electron chi connectivity index (χ3n) is 3.27. The van der Waals surface area contributed by atoms with E-state index in [0.29, 0.717) is 5.75 Å². The summed E-state index contributed by atoms with van der Waals surface area (Å²) in [6.07, 6.45) is 2.63. The van der Waals surface area contributed by atoms with Gasteiger partial charge in [0, 0.05) is 13.0 Å². The summed E-state index contributed by atoms with van der Waals surface area (Å²) in [5.74, 6) is -0.492. The number of hydrogen-bond acceptors (Lipinski definition) is 3. The number of carbonyl (C=O) groups is 1. The zero-order chi connectivity index (χ0) is 18.1. The van der Waals surface area contributed by atoms with Gasteiger partial charge in [-0.2, -0.15) is 0 Å². The van der Waals surface area contributed by atoms with E-state index in [2.05, 4.69) is 5.32 Å². The van der Waals surface area contributed by atoms with E-state index in [9.17, 15) is 18.7 Å². The van der Waals surface area contributed by atoms with Crippen LogP contribution in [0.5, 0.6) is 5.75 Å². The van der Waals surface area contributed by atoms with Crippen LogP contribution >= 0.6 is 0 Å². The normalized spacial score (nSPS) is 12.1. The number of rotatable bonds is 8. The molecule has 0 radical (unpaired) electrons. The third kappa shape index (κ3) is 7.14. The molecule has 0 fully saturated rings. The molecule has 4 nitrogen and oxygen atoms in total. The molecule has 2 N–H and O–H groups in total. The van der Waals surface area contributed by atoms with Crippen molar-refractivity contribution in [1.29, 1.82) is 0 Å². The third-order valence-corrected chi connectivity index (χ3v) is 3.27. The number of halogens is 2. The monoisotopic (exact) mass is 347 g/mol. The predicted molar refractivity (Wildman–Crippen MR) is 91.0 cm³/mol. The van der Waals surface area contributed by atoms with Crippen molar-refractivity contribution >= 4 is 12.0 Å². The summed E-state index contributed by atoms with van der Waals surface area (Å²) >= 11 is 0. The van der Waals surface area contributed by atoms with Crippen LogP contribution in [0.15, 0.2) is 54.6 Å². The van der Waals surface area contributed by atoms with Gasteiger partial charge in [-0.1, -0.05) is 24.3 Å². The first-order valence-electron chi connectivity index (χ1n) is 7.78. The Balaban J connectivity index is 1.65. The number of hydrogen-bond donors (Lipinski definition) is 2. The Morgan fingerprint density at radius 3 is 2.32 bits per heavy atom. The smallest absolute Gasteiger partial charge is 0.223 e. The second kappa shape index (κ2) is 9.54. The lowest BCUT2D eigenvalue weighted by Gasteiger charge is -2.13. The molecule has 25 heavy (non-hydrogen) atoms. The number of aliphatic hydroxyl groups is 1. The largest absolute Gasteiger partial charge is 0.491 e. The Bertz CT molecular complexity index is 700. The molecule has 0 bridgehead atoms. The minimum Gasteiger partial charge on any atom is -0.491 e. The standard InChI is InChI=1S/C19H19F2NO3/c20-15-6-4-14(5-7-15)2-1-3-19(24)22-12-17(23)13-25-18-10-8-16(21)9-11-18/h1-2,4-11,17,23H,3,12-13H2,(H,22,24)/b2-1+. The van der Waals surface area contributed by atoms with Gasteiger partial charge in [0.25, 0.3) is 0 Å². The number of aliphatic hydroxyl groups excluding tert-OH is 1. The molecule has 0 aliphatic heterocycles. The van der Waals surface area contributed by atoms with Crippen molar-refractivity contribution in [2.45, 2.75) is 12.5 Å². The van der Waals surface area contributed by atoms with Crippen LogP contribution < -0.4 is 10.1 Å². The molecule has 2 rings (SSSR count). The van der Waals surface area contributed by atoms with Gasteiger partial charge < -0.3 is 15.2 Å². The summed E-state index contributed by atoms with van der Waals surface area (Å²) in [5, 5.41) is 12.4. The molecule has 6 heteroatoms. The second-order valence-electron chi connectivity index (χ2n) is 5.38. The van der Waals surface area contributed by atoms with Crippen molar-refractivity contribution in [2.75, 3.05) is 13.2 Å². The van der Waals surface area contributed by atoms with E-state index in [-0.39, 0.29) is 37.1 Å². The highest BCUT2D eigenvalue weighted by molar-refractivity contribution is 5.78. The summed E-state index contributed by atoms with van der Waals surface area (Å²) in [5.41, 5.74) is 0.793. The molecule has 2 aromatic rings. The predicted octanol–water partition coefficient (Wildman–Crippen LogP) is 2.92. The fourth-order valence-corrected chi connectivity index (χ4v) is 1.96. The fraction of sp³-hybridized carbons (Fsp3) is 0.211. The van der Waals surface area contributed by atoms with E-state index >= 15 is 0 Å². The summed E-state index contributed by atoms with van der Waals surface area (Å²) in [7, 11) is 0. The van der Waals surface area contributed by atoms with Crippen molar-refractivity contribution in [2.24, 2.45) is 0 Å². The van der Waals surface area contributed by atoms with E-state index in [1.165, 1.54) is 36.4 Å². The van der Waals surface area contributed by atoms with Crippen LogP contribution in [0.1, 0.15) is 12.0 Å². The summed E-state index contributed by atoms with van der Waals surface area (Å²) in [6.45, 7) is 0.0295. The lowest BCUT2D eigenvalue weighted by atomic mass is 10.2. The van der Waals surface area contributed by atoms with Crippen molar-refractivity contribution in [1.82, 2.24) is 5.32 Å². The SMILES string of the molecule is O=C(C/C=C/c1ccc(F)cc1)NCC(O)COc1ccc(F)cc1. The second-order valence-corrected chi connectivity index (χ2v) is 5.38. The van der Waals surface area contributed by atoms with Gasteiger partial charge in [-0.25, -0.2) is 8.78 Å². The molecule has 132 valence electrons. The molecular weight excluding hydrogens is 328 g/mol. The molecule has 2 aromatic carbocycles. The molecule has 0 aromatic heterocycles. The average Bonchev–Trinajstić information content (AvgIpc) is 2.61. The number of nitrogens with one attached hydrogen (secondary N) is 1. The van der Waals surface area contributed by atoms with E-state index in [1.54, 1.807) is 24.3 Å². The summed E-state index contributed by atoms with van der Waals surface area (Å²) < 4.78 is 30.8. The first-order chi connectivity index (χ1) is 12.0. The minimum absolute atomic E-state index is 0.0165. The Labute approximate surface area is 144 Å². The Kier molecular flexibility index (Phi) is 7.10. The molecule has 1 atom stereocenters. The maximum Gasteiger partial charge on any atom is 0.223 e. The van der Waals surface area contributed by atoms with Gasteiger partial charge in [-0.15, -0.1) is 0 Å². The maximum absolute atomic E-state index is 12.8. The molecule has 0 spiro atoms. The minimum atomic E-state index is -0.880. The quantitative estimate of drug-likeness (QED) is 0.772. The topological polar surface area (TPSA) is 58.6 Å². The van der Waals surface area contributed by atoms with Gasteiger partial charge in [0.1, 0.15) is 30.1 Å². The number of amides is 1. The van der Waals surface area contributed by atoms with Crippen LogP contribution in [0.2, 0.25) is 0 Å². The number of carbonyl (C=O) groups excluding carboxylic acids is 1. The van der Waals surface area contributed by atoms with Crippen LogP contribution in [0.3, 0.4) is 0 Å². The molecule has 0 saturated heterocycles. The zero-order valence-electron chi connectivity index (χ0n) is 13.5. The molecule has 0 aliphatic carbocycles. The van der Waals surface area contributed by atoms with Crippen molar-refractivity contribution < 1.29 is 23.4 Å². The molecule has 0 saturated carbocycles. The van der Waals surface area contributed by atoms with Gasteiger partial charge in [0.15, 0.2) is 0 Å². The Morgan fingerprint density at radius 1 is 1.08 bits per heavy atom. The lowest BCUT2D eigenvalue weighted by molar-refractivity contribution is -0.120. The van der Waals surface area contributed by atoms with Crippen LogP contribution in [0, 0.1) is 11.6 Å². The number of benzene rings is 2. The molecule has 0 heterocycles. The first kappa shape index (κ1) is 18.6. The van der Waals surface area contributed by atoms with Crippen molar-refractivity contribution in [3.63, 3.8) is 0 Å². The van der Waals surface area contributed by atoms with Gasteiger partial charge in [-0.3, -0.25) is 4.79 Å². The van der Waals surface area contributed by atoms with Gasteiger partial charge in [0.2, 0.25) is 5.91 Å². The van der Waals surface area contributed by atoms with Crippen LogP contribution in [0.4, 0.5) is 8.78 Å². The number of ether oxygens (including phenoxy) is 1. The highest BCUT2D eigenvalue weighted by Crippen LogP contribution is 2.11. The molecular formula is C19H19F2NO3. The van der Waals surface area contributed by atoms with E-state index < -0.39 is 6.10 Å². The van der Waals surface area contributed by atoms with Crippen molar-refractivity contribution in [3.05, 3.63) is 71.8 Å². The maximum atomic E-state index is 12.8. The molecule has 1 unspecified atom stereocenters. The van der Waals surface area contributed by atoms with E-state index in [0.717, 1.165) is 5.56 Å². The molecule has 1 amide bonds. The van der Waals surface area contributed by atoms with Crippen LogP contribution in [-0.4, -0.2) is 30.3 Å². The van der Waals surface area contributed by atoms with E-state index in [4.69, 9.17) is 4.74 Å². The highest BCUT2D eigenvalue weighted by Gasteiger charge is 2.07. The first-order valence-corrected chi connectivity index (χ1v) is 7.78. The lowest BCUT2D eigenvalue weighted by Crippen LogP contribution is -2.34. The van der Waals surface area contributed by atoms with Gasteiger partial charge in [0.05, 0.1) is 0 Å². The van der Waals surface area contributed by atoms with Crippen LogP contribution in [0.25, 0.3) is 6.08 Å². The Hall–Kier alpha value is -2.73. The van der Waals surface area contributed by atoms with E-state index in [1.807, 2.05) is 0 Å². The van der Waals surface area contributed by atoms with Crippen LogP contribution in [-0.2, 0) is 4.79 Å². The highest BCUT2D eigenvalue weighted by atomic mass is 19.1. The summed E-state index contributed by atoms with van der Waals surface area (Å²) in [6, 6.07) is 11.4. The van der Waals surface area contributed by atoms with Crippen molar-refractivity contribution in [3.8, 4) is 5.75 Å². The fourth-order valence-electron chi connectivity index (χ4n) is 1.96. The summed E-state index contributed by atoms with van der Waals surface area (Å²) in [4.78, 5) is 11.7. The van der Waals surface area contributed by atoms with Gasteiger partial charge >= 0.3 is 0 Å². The van der Waals surface area contributed by atoms with Gasteiger partial charge in [-0.05, 0) is 42.0 Å². The zero-order valence-corrected chi connectivity index (χ0v) is 13.5. The average molecular weight is 347 g/mol. The Morgan fingerprint density at radius 2 is 1.68 bits per heavy atom.